The third-order valence-corrected chi connectivity index (χ3v) is 7.09. The smallest absolute Gasteiger partial charge is 0.265 e. The molecule has 0 radical (unpaired) electrons. The Morgan fingerprint density at radius 2 is 1.90 bits per heavy atom. The Labute approximate surface area is 176 Å². The standard InChI is InChI=1S/C21H25N3O5S/c1-12-7-6-8-16(14(12)3)22-20(25)11-24(5)30(27,28)19-10-18-17(9-13(19)2)23-21(26)15(4)29-18/h6-10,15H,11H2,1-5H3,(H,22,25)(H,23,26). The number of nitrogens with zero attached hydrogens (tertiary/aromatic N) is 1. The molecular formula is C21H25N3O5S. The fourth-order valence-electron chi connectivity index (χ4n) is 3.15. The maximum absolute atomic E-state index is 13.1. The molecule has 8 nitrogen and oxygen atoms in total. The highest BCUT2D eigenvalue weighted by Gasteiger charge is 2.30. The van der Waals surface area contributed by atoms with Crippen LogP contribution in [0.5, 0.6) is 5.75 Å². The van der Waals surface area contributed by atoms with Crippen molar-refractivity contribution in [2.75, 3.05) is 24.2 Å². The average molecular weight is 432 g/mol. The third kappa shape index (κ3) is 4.17. The van der Waals surface area contributed by atoms with Crippen LogP contribution in [0.2, 0.25) is 0 Å². The van der Waals surface area contributed by atoms with Crippen molar-refractivity contribution in [3.63, 3.8) is 0 Å². The van der Waals surface area contributed by atoms with E-state index in [2.05, 4.69) is 10.6 Å². The molecule has 160 valence electrons. The van der Waals surface area contributed by atoms with Crippen LogP contribution in [0, 0.1) is 20.8 Å². The Hall–Kier alpha value is -2.91. The van der Waals surface area contributed by atoms with E-state index in [0.717, 1.165) is 15.4 Å². The highest BCUT2D eigenvalue weighted by atomic mass is 32.2. The molecule has 9 heteroatoms. The number of carbonyl (C=O) groups is 2. The third-order valence-electron chi connectivity index (χ3n) is 5.14. The number of aryl methyl sites for hydroxylation is 2. The van der Waals surface area contributed by atoms with Crippen LogP contribution in [-0.2, 0) is 19.6 Å². The number of carbonyl (C=O) groups excluding carboxylic acids is 2. The molecule has 1 atom stereocenters. The predicted octanol–water partition coefficient (Wildman–Crippen LogP) is 2.59. The number of hydrogen-bond donors (Lipinski definition) is 2. The Balaban J connectivity index is 1.81. The van der Waals surface area contributed by atoms with E-state index < -0.39 is 22.0 Å². The summed E-state index contributed by atoms with van der Waals surface area (Å²) in [5.41, 5.74) is 3.46. The number of hydrogen-bond acceptors (Lipinski definition) is 5. The SMILES string of the molecule is Cc1cc2c(cc1S(=O)(=O)N(C)CC(=O)Nc1cccc(C)c1C)OC(C)C(=O)N2. The summed E-state index contributed by atoms with van der Waals surface area (Å²) in [6.45, 7) is 6.69. The topological polar surface area (TPSA) is 105 Å². The number of nitrogens with one attached hydrogen (secondary N) is 2. The number of fused-ring (bicyclic) bond motifs is 1. The van der Waals surface area contributed by atoms with Gasteiger partial charge in [0.1, 0.15) is 5.75 Å². The molecule has 0 bridgehead atoms. The molecule has 0 aromatic heterocycles. The molecule has 2 aromatic carbocycles. The quantitative estimate of drug-likeness (QED) is 0.757. The first-order valence-corrected chi connectivity index (χ1v) is 10.9. The number of likely N-dealkylation sites (N-methyl/N-ethyl adjacent to an activating group) is 1. The summed E-state index contributed by atoms with van der Waals surface area (Å²) in [4.78, 5) is 24.3. The van der Waals surface area contributed by atoms with Crippen molar-refractivity contribution < 1.29 is 22.7 Å². The number of rotatable bonds is 5. The van der Waals surface area contributed by atoms with Crippen LogP contribution in [0.15, 0.2) is 35.2 Å². The second-order valence-electron chi connectivity index (χ2n) is 7.42. The Bertz CT molecular complexity index is 1130. The normalized spacial score (nSPS) is 15.9. The van der Waals surface area contributed by atoms with Gasteiger partial charge >= 0.3 is 0 Å². The fraction of sp³-hybridized carbons (Fsp3) is 0.333. The van der Waals surface area contributed by atoms with Gasteiger partial charge in [0, 0.05) is 18.8 Å². The van der Waals surface area contributed by atoms with Crippen LogP contribution in [0.3, 0.4) is 0 Å². The van der Waals surface area contributed by atoms with E-state index in [-0.39, 0.29) is 23.1 Å². The van der Waals surface area contributed by atoms with Crippen molar-refractivity contribution in [3.05, 3.63) is 47.0 Å². The lowest BCUT2D eigenvalue weighted by molar-refractivity contribution is -0.122. The van der Waals surface area contributed by atoms with Gasteiger partial charge in [-0.15, -0.1) is 0 Å². The van der Waals surface area contributed by atoms with Crippen LogP contribution in [0.1, 0.15) is 23.6 Å². The molecule has 0 aliphatic carbocycles. The van der Waals surface area contributed by atoms with Gasteiger partial charge in [-0.2, -0.15) is 4.31 Å². The van der Waals surface area contributed by atoms with E-state index in [9.17, 15) is 18.0 Å². The summed E-state index contributed by atoms with van der Waals surface area (Å²) in [6, 6.07) is 8.47. The summed E-state index contributed by atoms with van der Waals surface area (Å²) >= 11 is 0. The van der Waals surface area contributed by atoms with Crippen LogP contribution >= 0.6 is 0 Å². The van der Waals surface area contributed by atoms with Gasteiger partial charge in [0.05, 0.1) is 17.1 Å². The van der Waals surface area contributed by atoms with Gasteiger partial charge in [-0.1, -0.05) is 12.1 Å². The molecule has 0 spiro atoms. The molecule has 1 unspecified atom stereocenters. The summed E-state index contributed by atoms with van der Waals surface area (Å²) in [7, 11) is -2.61. The Kier molecular flexibility index (Phi) is 5.87. The lowest BCUT2D eigenvalue weighted by Gasteiger charge is -2.25. The molecule has 1 aliphatic heterocycles. The summed E-state index contributed by atoms with van der Waals surface area (Å²) in [5.74, 6) is -0.459. The number of ether oxygens (including phenoxy) is 1. The van der Waals surface area contributed by atoms with Crippen LogP contribution in [0.4, 0.5) is 11.4 Å². The van der Waals surface area contributed by atoms with Crippen molar-refractivity contribution in [3.8, 4) is 5.75 Å². The van der Waals surface area contributed by atoms with E-state index in [1.54, 1.807) is 26.0 Å². The highest BCUT2D eigenvalue weighted by Crippen LogP contribution is 2.35. The van der Waals surface area contributed by atoms with Gasteiger partial charge in [-0.25, -0.2) is 8.42 Å². The van der Waals surface area contributed by atoms with Gasteiger partial charge in [0.2, 0.25) is 15.9 Å². The van der Waals surface area contributed by atoms with Gasteiger partial charge in [-0.3, -0.25) is 9.59 Å². The van der Waals surface area contributed by atoms with Gasteiger partial charge in [0.15, 0.2) is 6.10 Å². The largest absolute Gasteiger partial charge is 0.479 e. The number of anilines is 2. The monoisotopic (exact) mass is 431 g/mol. The molecule has 2 amide bonds. The van der Waals surface area contributed by atoms with Gasteiger partial charge in [-0.05, 0) is 56.5 Å². The minimum absolute atomic E-state index is 0.0200. The van der Waals surface area contributed by atoms with Crippen LogP contribution < -0.4 is 15.4 Å². The van der Waals surface area contributed by atoms with Crippen molar-refractivity contribution in [1.82, 2.24) is 4.31 Å². The Morgan fingerprint density at radius 1 is 1.20 bits per heavy atom. The van der Waals surface area contributed by atoms with Crippen molar-refractivity contribution in [2.45, 2.75) is 38.7 Å². The van der Waals surface area contributed by atoms with E-state index in [4.69, 9.17) is 4.74 Å². The summed E-state index contributed by atoms with van der Waals surface area (Å²) in [5, 5.41) is 5.45. The second kappa shape index (κ2) is 8.08. The van der Waals surface area contributed by atoms with Crippen molar-refractivity contribution in [1.29, 1.82) is 0 Å². The maximum Gasteiger partial charge on any atom is 0.265 e. The number of benzene rings is 2. The lowest BCUT2D eigenvalue weighted by atomic mass is 10.1. The number of amides is 2. The molecule has 1 aliphatic rings. The molecule has 3 rings (SSSR count). The molecule has 0 saturated heterocycles. The van der Waals surface area contributed by atoms with Gasteiger partial charge in [0.25, 0.3) is 5.91 Å². The fourth-order valence-corrected chi connectivity index (χ4v) is 4.50. The average Bonchev–Trinajstić information content (AvgIpc) is 2.66. The molecule has 1 heterocycles. The summed E-state index contributed by atoms with van der Waals surface area (Å²) < 4.78 is 32.7. The molecule has 2 N–H and O–H groups in total. The number of sulfonamides is 1. The van der Waals surface area contributed by atoms with Crippen molar-refractivity contribution in [2.24, 2.45) is 0 Å². The first-order valence-electron chi connectivity index (χ1n) is 9.45. The molecule has 2 aromatic rings. The first kappa shape index (κ1) is 21.8. The van der Waals surface area contributed by atoms with E-state index in [1.807, 2.05) is 26.0 Å². The minimum atomic E-state index is -3.96. The van der Waals surface area contributed by atoms with E-state index in [0.29, 0.717) is 16.9 Å². The lowest BCUT2D eigenvalue weighted by Crippen LogP contribution is -2.36. The van der Waals surface area contributed by atoms with Gasteiger partial charge < -0.3 is 15.4 Å². The van der Waals surface area contributed by atoms with Crippen LogP contribution in [0.25, 0.3) is 0 Å². The Morgan fingerprint density at radius 3 is 2.60 bits per heavy atom. The molecule has 30 heavy (non-hydrogen) atoms. The molecule has 0 saturated carbocycles. The molecular weight excluding hydrogens is 406 g/mol. The predicted molar refractivity (Wildman–Crippen MR) is 114 cm³/mol. The zero-order chi connectivity index (χ0) is 22.2. The first-order chi connectivity index (χ1) is 14.0. The van der Waals surface area contributed by atoms with Crippen molar-refractivity contribution >= 4 is 33.2 Å². The van der Waals surface area contributed by atoms with E-state index in [1.165, 1.54) is 13.1 Å². The second-order valence-corrected chi connectivity index (χ2v) is 9.43. The maximum atomic E-state index is 13.1. The van der Waals surface area contributed by atoms with Crippen LogP contribution in [-0.4, -0.2) is 44.2 Å². The zero-order valence-electron chi connectivity index (χ0n) is 17.6. The molecule has 0 fully saturated rings. The summed E-state index contributed by atoms with van der Waals surface area (Å²) in [6.07, 6.45) is -0.725. The zero-order valence-corrected chi connectivity index (χ0v) is 18.4. The van der Waals surface area contributed by atoms with E-state index >= 15 is 0 Å². The minimum Gasteiger partial charge on any atom is -0.479 e. The highest BCUT2D eigenvalue weighted by molar-refractivity contribution is 7.89.